The lowest BCUT2D eigenvalue weighted by Gasteiger charge is -2.26. The number of aliphatic imine (C=N–C) groups is 1. The van der Waals surface area contributed by atoms with E-state index in [9.17, 15) is 14.0 Å². The van der Waals surface area contributed by atoms with Gasteiger partial charge in [0.1, 0.15) is 23.2 Å². The number of guanidine groups is 1. The van der Waals surface area contributed by atoms with E-state index in [0.29, 0.717) is 38.5 Å². The zero-order valence-electron chi connectivity index (χ0n) is 19.7. The van der Waals surface area contributed by atoms with Crippen molar-refractivity contribution in [1.29, 1.82) is 0 Å². The molecule has 37 heavy (non-hydrogen) atoms. The lowest BCUT2D eigenvalue weighted by atomic mass is 9.95. The van der Waals surface area contributed by atoms with Crippen LogP contribution < -0.4 is 16.0 Å². The molecule has 2 aromatic heterocycles. The van der Waals surface area contributed by atoms with Crippen LogP contribution in [0.5, 0.6) is 0 Å². The zero-order chi connectivity index (χ0) is 26.1. The molecule has 11 heteroatoms. The van der Waals surface area contributed by atoms with Crippen LogP contribution in [0.2, 0.25) is 5.02 Å². The van der Waals surface area contributed by atoms with Crippen LogP contribution in [0.3, 0.4) is 0 Å². The van der Waals surface area contributed by atoms with E-state index in [2.05, 4.69) is 30.9 Å². The number of allylic oxidation sites excluding steroid dienone is 1. The summed E-state index contributed by atoms with van der Waals surface area (Å²) in [7, 11) is 0. The molecule has 0 fully saturated rings. The fourth-order valence-corrected chi connectivity index (χ4v) is 4.15. The Kier molecular flexibility index (Phi) is 6.41. The highest BCUT2D eigenvalue weighted by atomic mass is 35.5. The number of rotatable bonds is 5. The normalized spacial score (nSPS) is 15.2. The van der Waals surface area contributed by atoms with Gasteiger partial charge in [-0.1, -0.05) is 29.8 Å². The van der Waals surface area contributed by atoms with Crippen molar-refractivity contribution in [1.82, 2.24) is 15.3 Å². The quantitative estimate of drug-likeness (QED) is 0.309. The van der Waals surface area contributed by atoms with Crippen molar-refractivity contribution in [3.05, 3.63) is 94.0 Å². The van der Waals surface area contributed by atoms with Gasteiger partial charge in [0.25, 0.3) is 5.91 Å². The van der Waals surface area contributed by atoms with Gasteiger partial charge >= 0.3 is 6.01 Å². The number of benzene rings is 2. The highest BCUT2D eigenvalue weighted by Gasteiger charge is 2.31. The number of anilines is 2. The van der Waals surface area contributed by atoms with Crippen molar-refractivity contribution in [2.75, 3.05) is 10.6 Å². The third kappa shape index (κ3) is 5.05. The Hall–Kier alpha value is -4.57. The molecule has 186 valence electrons. The molecule has 1 atom stereocenters. The summed E-state index contributed by atoms with van der Waals surface area (Å²) in [5.41, 5.74) is 2.55. The highest BCUT2D eigenvalue weighted by Crippen LogP contribution is 2.35. The number of ketones is 1. The molecule has 1 aliphatic rings. The molecular formula is C26H20ClFN6O3. The number of aromatic nitrogens is 2. The zero-order valence-corrected chi connectivity index (χ0v) is 20.4. The van der Waals surface area contributed by atoms with Gasteiger partial charge < -0.3 is 15.1 Å². The first-order chi connectivity index (χ1) is 17.8. The van der Waals surface area contributed by atoms with Gasteiger partial charge in [0.15, 0.2) is 11.4 Å². The first kappa shape index (κ1) is 24.1. The number of nitrogens with zero attached hydrogens (tertiary/aromatic N) is 3. The Labute approximate surface area is 215 Å². The van der Waals surface area contributed by atoms with E-state index in [4.69, 9.17) is 16.0 Å². The van der Waals surface area contributed by atoms with Crippen LogP contribution >= 0.6 is 11.6 Å². The Balaban J connectivity index is 1.48. The Morgan fingerprint density at radius 3 is 2.73 bits per heavy atom. The van der Waals surface area contributed by atoms with Crippen molar-refractivity contribution in [3.8, 4) is 0 Å². The molecule has 0 saturated heterocycles. The van der Waals surface area contributed by atoms with Crippen LogP contribution in [-0.2, 0) is 4.79 Å². The summed E-state index contributed by atoms with van der Waals surface area (Å²) in [5, 5.41) is 9.17. The van der Waals surface area contributed by atoms with Gasteiger partial charge in [0.2, 0.25) is 5.96 Å². The number of carbonyl (C=O) groups is 2. The summed E-state index contributed by atoms with van der Waals surface area (Å²) in [5.74, 6) is -0.575. The van der Waals surface area contributed by atoms with E-state index in [1.807, 2.05) is 0 Å². The monoisotopic (exact) mass is 518 g/mol. The molecule has 3 N–H and O–H groups in total. The molecule has 1 aliphatic heterocycles. The average molecular weight is 519 g/mol. The van der Waals surface area contributed by atoms with E-state index in [1.54, 1.807) is 37.3 Å². The molecule has 3 heterocycles. The number of hydrogen-bond donors (Lipinski definition) is 3. The fourth-order valence-electron chi connectivity index (χ4n) is 3.91. The van der Waals surface area contributed by atoms with Gasteiger partial charge in [-0.15, -0.1) is 0 Å². The second-order valence-electron chi connectivity index (χ2n) is 8.26. The minimum Gasteiger partial charge on any atom is -0.423 e. The van der Waals surface area contributed by atoms with Crippen LogP contribution in [0.25, 0.3) is 11.1 Å². The maximum Gasteiger partial charge on any atom is 0.302 e. The van der Waals surface area contributed by atoms with Gasteiger partial charge in [0, 0.05) is 34.1 Å². The second kappa shape index (κ2) is 9.82. The van der Waals surface area contributed by atoms with Crippen molar-refractivity contribution in [2.24, 2.45) is 4.99 Å². The maximum atomic E-state index is 13.6. The first-order valence-corrected chi connectivity index (χ1v) is 11.6. The topological polar surface area (TPSA) is 122 Å². The number of Topliss-reactive ketones (excluding diaryl/α,β-unsaturated/α-hetero) is 1. The predicted octanol–water partition coefficient (Wildman–Crippen LogP) is 5.24. The van der Waals surface area contributed by atoms with Crippen molar-refractivity contribution in [2.45, 2.75) is 19.9 Å². The van der Waals surface area contributed by atoms with Crippen LogP contribution in [0.1, 0.15) is 35.8 Å². The molecule has 9 nitrogen and oxygen atoms in total. The van der Waals surface area contributed by atoms with E-state index in [-0.39, 0.29) is 23.6 Å². The molecule has 0 aliphatic carbocycles. The van der Waals surface area contributed by atoms with Gasteiger partial charge in [-0.2, -0.15) is 4.98 Å². The molecule has 5 rings (SSSR count). The molecule has 0 spiro atoms. The summed E-state index contributed by atoms with van der Waals surface area (Å²) >= 11 is 6.49. The summed E-state index contributed by atoms with van der Waals surface area (Å²) in [6, 6.07) is 13.4. The van der Waals surface area contributed by atoms with Crippen LogP contribution in [0.15, 0.2) is 81.5 Å². The number of carbonyl (C=O) groups excluding carboxylic acids is 2. The third-order valence-corrected chi connectivity index (χ3v) is 6.01. The van der Waals surface area contributed by atoms with Gasteiger partial charge in [-0.3, -0.25) is 14.9 Å². The minimum atomic E-state index is -0.796. The first-order valence-electron chi connectivity index (χ1n) is 11.2. The summed E-state index contributed by atoms with van der Waals surface area (Å²) in [4.78, 5) is 38.2. The maximum absolute atomic E-state index is 13.6. The highest BCUT2D eigenvalue weighted by molar-refractivity contribution is 6.31. The van der Waals surface area contributed by atoms with Gasteiger partial charge in [-0.25, -0.2) is 14.4 Å². The molecule has 1 unspecified atom stereocenters. The predicted molar refractivity (Wildman–Crippen MR) is 138 cm³/mol. The molecule has 0 saturated carbocycles. The Morgan fingerprint density at radius 1 is 1.14 bits per heavy atom. The lowest BCUT2D eigenvalue weighted by Crippen LogP contribution is -2.37. The van der Waals surface area contributed by atoms with Crippen LogP contribution in [0, 0.1) is 5.82 Å². The second-order valence-corrected chi connectivity index (χ2v) is 8.67. The number of nitrogens with one attached hydrogen (secondary N) is 3. The summed E-state index contributed by atoms with van der Waals surface area (Å²) < 4.78 is 19.2. The van der Waals surface area contributed by atoms with Crippen molar-refractivity contribution in [3.63, 3.8) is 0 Å². The smallest absolute Gasteiger partial charge is 0.302 e. The number of pyridine rings is 1. The number of halogens is 2. The number of fused-ring (bicyclic) bond motifs is 1. The summed E-state index contributed by atoms with van der Waals surface area (Å²) in [6.45, 7) is 3.15. The SMILES string of the molecule is CC(=O)c1ccnc(NC(=O)C2=C(C)NC(Nc3nc4cc(F)ccc4o3)=NC2c2ccccc2Cl)c1. The largest absolute Gasteiger partial charge is 0.423 e. The number of hydrogen-bond acceptors (Lipinski definition) is 8. The van der Waals surface area contributed by atoms with Crippen molar-refractivity contribution < 1.29 is 18.4 Å². The van der Waals surface area contributed by atoms with E-state index < -0.39 is 17.8 Å². The fraction of sp³-hybridized carbons (Fsp3) is 0.115. The third-order valence-electron chi connectivity index (χ3n) is 5.67. The lowest BCUT2D eigenvalue weighted by molar-refractivity contribution is -0.113. The molecule has 4 aromatic rings. The standard InChI is InChI=1S/C26H20ClFN6O3/c1-13-22(24(36)32-21-11-15(14(2)35)9-10-29-21)23(17-5-3-4-6-18(17)27)33-25(30-13)34-26-31-19-12-16(28)7-8-20(19)37-26/h3-12,23H,1-2H3,(H,29,32,36)(H2,30,31,33,34). The van der Waals surface area contributed by atoms with Crippen molar-refractivity contribution >= 4 is 52.2 Å². The molecule has 0 radical (unpaired) electrons. The van der Waals surface area contributed by atoms with E-state index in [1.165, 1.54) is 37.4 Å². The Morgan fingerprint density at radius 2 is 1.95 bits per heavy atom. The molecular weight excluding hydrogens is 499 g/mol. The number of amides is 1. The van der Waals surface area contributed by atoms with E-state index >= 15 is 0 Å². The van der Waals surface area contributed by atoms with E-state index in [0.717, 1.165) is 0 Å². The van der Waals surface area contributed by atoms with Crippen LogP contribution in [-0.4, -0.2) is 27.6 Å². The minimum absolute atomic E-state index is 0.0932. The van der Waals surface area contributed by atoms with Crippen LogP contribution in [0.4, 0.5) is 16.2 Å². The average Bonchev–Trinajstić information content (AvgIpc) is 3.25. The van der Waals surface area contributed by atoms with Gasteiger partial charge in [0.05, 0.1) is 5.57 Å². The summed E-state index contributed by atoms with van der Waals surface area (Å²) in [6.07, 6.45) is 1.45. The molecule has 0 bridgehead atoms. The molecule has 2 aromatic carbocycles. The molecule has 1 amide bonds. The van der Waals surface area contributed by atoms with Gasteiger partial charge in [-0.05, 0) is 44.2 Å². The Bertz CT molecular complexity index is 1610. The number of oxazole rings is 1.